The number of benzene rings is 2. The van der Waals surface area contributed by atoms with Crippen molar-refractivity contribution < 1.29 is 22.7 Å². The third-order valence-corrected chi connectivity index (χ3v) is 11.0. The van der Waals surface area contributed by atoms with Gasteiger partial charge in [0.2, 0.25) is 11.8 Å². The minimum Gasteiger partial charge on any atom is -0.493 e. The molecule has 254 valence electrons. The molecule has 1 unspecified atom stereocenters. The molecule has 1 atom stereocenters. The zero-order valence-corrected chi connectivity index (χ0v) is 28.4. The number of ether oxygens (including phenoxy) is 1. The lowest BCUT2D eigenvalue weighted by molar-refractivity contribution is 0.0776. The van der Waals surface area contributed by atoms with Gasteiger partial charge < -0.3 is 19.8 Å². The second-order valence-electron chi connectivity index (χ2n) is 12.7. The summed E-state index contributed by atoms with van der Waals surface area (Å²) in [5, 5.41) is 9.35. The Morgan fingerprint density at radius 1 is 1.02 bits per heavy atom. The number of thiophene rings is 1. The van der Waals surface area contributed by atoms with Crippen molar-refractivity contribution in [3.8, 4) is 27.6 Å². The minimum atomic E-state index is -0.256. The van der Waals surface area contributed by atoms with Gasteiger partial charge in [-0.2, -0.15) is 0 Å². The highest BCUT2D eigenvalue weighted by Crippen LogP contribution is 2.50. The summed E-state index contributed by atoms with van der Waals surface area (Å²) in [5.41, 5.74) is 12.5. The predicted octanol–water partition coefficient (Wildman–Crippen LogP) is 7.84. The Morgan fingerprint density at radius 2 is 1.88 bits per heavy atom. The maximum Gasteiger partial charge on any atom is 0.257 e. The molecule has 1 aliphatic carbocycles. The van der Waals surface area contributed by atoms with E-state index in [1.807, 2.05) is 29.2 Å². The summed E-state index contributed by atoms with van der Waals surface area (Å²) in [6, 6.07) is 14.0. The fraction of sp³-hybridized carbons (Fsp3) is 0.289. The van der Waals surface area contributed by atoms with Crippen molar-refractivity contribution in [3.05, 3.63) is 106 Å². The van der Waals surface area contributed by atoms with E-state index in [1.54, 1.807) is 25.3 Å². The monoisotopic (exact) mass is 692 g/mol. The largest absolute Gasteiger partial charge is 0.493 e. The van der Waals surface area contributed by atoms with Crippen LogP contribution >= 0.6 is 11.3 Å². The lowest BCUT2D eigenvalue weighted by atomic mass is 9.93. The van der Waals surface area contributed by atoms with Crippen LogP contribution in [-0.2, 0) is 25.7 Å². The number of nitrogen functional groups attached to an aromatic ring is 1. The molecule has 0 bridgehead atoms. The quantitative estimate of drug-likeness (QED) is 0.188. The van der Waals surface area contributed by atoms with Crippen LogP contribution in [0.4, 0.5) is 14.6 Å². The molecule has 6 heterocycles. The van der Waals surface area contributed by atoms with E-state index in [0.717, 1.165) is 63.9 Å². The Labute approximate surface area is 291 Å². The van der Waals surface area contributed by atoms with Crippen molar-refractivity contribution in [1.29, 1.82) is 0 Å². The number of nitrogens with zero attached hydrogens (tertiary/aromatic N) is 5. The van der Waals surface area contributed by atoms with E-state index in [2.05, 4.69) is 15.2 Å². The predicted molar refractivity (Wildman–Crippen MR) is 187 cm³/mol. The number of carbonyl (C=O) groups excluding carboxylic acids is 1. The number of hydrogen-bond acceptors (Lipinski definition) is 9. The van der Waals surface area contributed by atoms with E-state index in [1.165, 1.54) is 36.1 Å². The molecule has 0 spiro atoms. The number of nitrogens with two attached hydrogens (primary N) is 1. The Kier molecular flexibility index (Phi) is 8.26. The van der Waals surface area contributed by atoms with Crippen LogP contribution in [0, 0.1) is 18.6 Å². The molecule has 3 aliphatic rings. The van der Waals surface area contributed by atoms with E-state index in [4.69, 9.17) is 19.9 Å². The summed E-state index contributed by atoms with van der Waals surface area (Å²) < 4.78 is 39.5. The summed E-state index contributed by atoms with van der Waals surface area (Å²) in [6.07, 6.45) is 7.48. The first-order chi connectivity index (χ1) is 24.3. The third-order valence-electron chi connectivity index (χ3n) is 9.77. The molecular formula is C38H34F2N6O3S. The molecule has 9 nitrogen and oxygen atoms in total. The maximum atomic E-state index is 14.5. The second kappa shape index (κ2) is 12.9. The third kappa shape index (κ3) is 5.47. The first-order valence-electron chi connectivity index (χ1n) is 16.7. The van der Waals surface area contributed by atoms with Gasteiger partial charge in [0, 0.05) is 35.7 Å². The van der Waals surface area contributed by atoms with E-state index in [9.17, 15) is 13.6 Å². The van der Waals surface area contributed by atoms with Gasteiger partial charge in [-0.1, -0.05) is 24.3 Å². The number of aromatic nitrogens is 4. The number of amides is 1. The average Bonchev–Trinajstić information content (AvgIpc) is 3.96. The molecular weight excluding hydrogens is 659 g/mol. The van der Waals surface area contributed by atoms with Crippen molar-refractivity contribution in [2.24, 2.45) is 0 Å². The molecule has 50 heavy (non-hydrogen) atoms. The Bertz CT molecular complexity index is 2280. The minimum absolute atomic E-state index is 0.0355. The van der Waals surface area contributed by atoms with Gasteiger partial charge in [-0.25, -0.2) is 13.8 Å². The lowest BCUT2D eigenvalue weighted by Gasteiger charge is -2.16. The lowest BCUT2D eigenvalue weighted by Crippen LogP contribution is -2.22. The van der Waals surface area contributed by atoms with Crippen LogP contribution in [0.1, 0.15) is 69.6 Å². The van der Waals surface area contributed by atoms with Gasteiger partial charge in [-0.05, 0) is 85.7 Å². The molecule has 1 saturated heterocycles. The molecule has 1 amide bonds. The zero-order chi connectivity index (χ0) is 34.5. The highest BCUT2D eigenvalue weighted by molar-refractivity contribution is 7.22. The van der Waals surface area contributed by atoms with Crippen LogP contribution in [0.25, 0.3) is 32.0 Å². The van der Waals surface area contributed by atoms with Gasteiger partial charge >= 0.3 is 0 Å². The molecule has 9 rings (SSSR count). The number of fused-ring (bicyclic) bond motifs is 5. The van der Waals surface area contributed by atoms with Gasteiger partial charge in [-0.15, -0.1) is 21.5 Å². The van der Waals surface area contributed by atoms with Crippen LogP contribution in [0.3, 0.4) is 0 Å². The summed E-state index contributed by atoms with van der Waals surface area (Å²) in [6.45, 7) is 2.42. The maximum absolute atomic E-state index is 14.5. The van der Waals surface area contributed by atoms with Gasteiger partial charge in [0.05, 0.1) is 40.4 Å². The topological polar surface area (TPSA) is 120 Å². The average molecular weight is 693 g/mol. The molecule has 2 aromatic carbocycles. The number of carbonyl (C=O) groups is 1. The number of hydrogen-bond donors (Lipinski definition) is 1. The van der Waals surface area contributed by atoms with Crippen LogP contribution < -0.4 is 10.5 Å². The standard InChI is InChI=1S/C28H23FN6O2S.C10H11FO/c1-14-33-34-27(37-14)21-18(9-8-15-5-2-3-6-17(15)29)32-24-19-7-4-12-35(19)28(36)23(24)22(21)20-13-16-10-11-31-26(30)25(16)38-20;1-12-10-8-4-2-3-7(8)5-6-9(10)11/h2-3,5-6,10-11,13,19H,4,7-9,12H2,1H3,(H2,30,31);5-6H,2-4H2,1H3. The first kappa shape index (κ1) is 32.0. The van der Waals surface area contributed by atoms with Crippen molar-refractivity contribution in [2.45, 2.75) is 57.9 Å². The molecule has 6 aromatic rings. The Hall–Kier alpha value is -5.23. The molecule has 4 aromatic heterocycles. The number of methoxy groups -OCH3 is 1. The number of anilines is 1. The number of aryl methyl sites for hydroxylation is 4. The van der Waals surface area contributed by atoms with Crippen molar-refractivity contribution in [3.63, 3.8) is 0 Å². The molecule has 2 N–H and O–H groups in total. The molecule has 12 heteroatoms. The summed E-state index contributed by atoms with van der Waals surface area (Å²) >= 11 is 1.48. The van der Waals surface area contributed by atoms with E-state index in [0.29, 0.717) is 65.1 Å². The highest BCUT2D eigenvalue weighted by atomic mass is 32.1. The summed E-state index contributed by atoms with van der Waals surface area (Å²) in [7, 11) is 1.52. The van der Waals surface area contributed by atoms with Gasteiger partial charge in [0.25, 0.3) is 5.91 Å². The zero-order valence-electron chi connectivity index (χ0n) is 27.6. The first-order valence-corrected chi connectivity index (χ1v) is 17.5. The van der Waals surface area contributed by atoms with Gasteiger partial charge in [0.1, 0.15) is 11.6 Å². The van der Waals surface area contributed by atoms with Crippen LogP contribution in [0.5, 0.6) is 5.75 Å². The van der Waals surface area contributed by atoms with Crippen molar-refractivity contribution in [2.75, 3.05) is 19.4 Å². The van der Waals surface area contributed by atoms with Crippen LogP contribution in [-0.4, -0.2) is 44.6 Å². The number of halogens is 2. The van der Waals surface area contributed by atoms with Crippen molar-refractivity contribution >= 4 is 33.1 Å². The van der Waals surface area contributed by atoms with Crippen LogP contribution in [0.15, 0.2) is 59.1 Å². The molecule has 0 radical (unpaired) electrons. The summed E-state index contributed by atoms with van der Waals surface area (Å²) in [4.78, 5) is 25.9. The smallest absolute Gasteiger partial charge is 0.257 e. The fourth-order valence-corrected chi connectivity index (χ4v) is 8.61. The molecule has 1 fully saturated rings. The van der Waals surface area contributed by atoms with Crippen molar-refractivity contribution in [1.82, 2.24) is 25.1 Å². The van der Waals surface area contributed by atoms with E-state index < -0.39 is 0 Å². The second-order valence-corrected chi connectivity index (χ2v) is 13.8. The molecule has 2 aliphatic heterocycles. The number of rotatable bonds is 6. The SMILES string of the molecule is COc1c(F)ccc2c1CCC2.Cc1nnc(-c2c(CCc3ccccc3F)nc3c(c2-c2cc4ccnc(N)c4s2)C(=O)N2CCCC32)o1. The van der Waals surface area contributed by atoms with Gasteiger partial charge in [-0.3, -0.25) is 9.78 Å². The molecule has 0 saturated carbocycles. The van der Waals surface area contributed by atoms with E-state index in [-0.39, 0.29) is 23.6 Å². The highest BCUT2D eigenvalue weighted by Gasteiger charge is 2.45. The normalized spacial score (nSPS) is 16.0. The Balaban J connectivity index is 0.000000254. The van der Waals surface area contributed by atoms with E-state index >= 15 is 0 Å². The Morgan fingerprint density at radius 3 is 2.66 bits per heavy atom. The van der Waals surface area contributed by atoms with Gasteiger partial charge in [0.15, 0.2) is 11.6 Å². The number of pyridine rings is 2. The summed E-state index contributed by atoms with van der Waals surface area (Å²) in [5.74, 6) is 1.05. The van der Waals surface area contributed by atoms with Crippen LogP contribution in [0.2, 0.25) is 0 Å². The fourth-order valence-electron chi connectivity index (χ4n) is 7.49.